The number of piperidine rings is 1. The molecule has 3 N–H and O–H groups in total. The molecule has 4 heterocycles. The lowest BCUT2D eigenvalue weighted by Gasteiger charge is -2.36. The summed E-state index contributed by atoms with van der Waals surface area (Å²) >= 11 is 0. The summed E-state index contributed by atoms with van der Waals surface area (Å²) in [7, 11) is 0. The highest BCUT2D eigenvalue weighted by molar-refractivity contribution is 5.96. The summed E-state index contributed by atoms with van der Waals surface area (Å²) < 4.78 is 5.83. The number of benzene rings is 1. The molecule has 4 amide bonds. The number of carbonyl (C=O) groups is 5. The monoisotopic (exact) mass is 660 g/mol. The van der Waals surface area contributed by atoms with Gasteiger partial charge in [-0.2, -0.15) is 0 Å². The van der Waals surface area contributed by atoms with Crippen LogP contribution in [0.3, 0.4) is 0 Å². The third-order valence-electron chi connectivity index (χ3n) is 9.40. The number of amides is 4. The Morgan fingerprint density at radius 2 is 1.73 bits per heavy atom. The number of cyclic esters (lactones) is 1. The molecule has 258 valence electrons. The van der Waals surface area contributed by atoms with Crippen molar-refractivity contribution >= 4 is 46.6 Å². The summed E-state index contributed by atoms with van der Waals surface area (Å²) in [5, 5.41) is 7.91. The lowest BCUT2D eigenvalue weighted by molar-refractivity contribution is -0.157. The van der Waals surface area contributed by atoms with E-state index in [1.807, 2.05) is 50.3 Å². The van der Waals surface area contributed by atoms with Gasteiger partial charge in [0.05, 0.1) is 23.0 Å². The Morgan fingerprint density at radius 3 is 2.46 bits per heavy atom. The number of hydrogen-bond donors (Lipinski definition) is 3. The molecule has 3 aliphatic rings. The van der Waals surface area contributed by atoms with E-state index in [0.29, 0.717) is 37.1 Å². The molecule has 3 aliphatic heterocycles. The first-order chi connectivity index (χ1) is 22.8. The van der Waals surface area contributed by atoms with E-state index in [-0.39, 0.29) is 30.7 Å². The average Bonchev–Trinajstić information content (AvgIpc) is 3.08. The minimum Gasteiger partial charge on any atom is -0.455 e. The maximum atomic E-state index is 14.0. The number of aromatic nitrogens is 1. The number of rotatable bonds is 3. The van der Waals surface area contributed by atoms with E-state index in [2.05, 4.69) is 16.1 Å². The van der Waals surface area contributed by atoms with Gasteiger partial charge in [-0.1, -0.05) is 44.2 Å². The molecule has 5 rings (SSSR count). The number of ether oxygens (including phenoxy) is 1. The van der Waals surface area contributed by atoms with E-state index in [0.717, 1.165) is 30.2 Å². The quantitative estimate of drug-likeness (QED) is 0.424. The van der Waals surface area contributed by atoms with Gasteiger partial charge in [-0.15, -0.1) is 0 Å². The van der Waals surface area contributed by atoms with Crippen LogP contribution < -0.4 is 16.1 Å². The summed E-state index contributed by atoms with van der Waals surface area (Å²) in [4.78, 5) is 74.7. The second-order valence-electron chi connectivity index (χ2n) is 14.0. The number of fused-ring (bicyclic) bond motifs is 4. The molecule has 12 heteroatoms. The van der Waals surface area contributed by atoms with Crippen molar-refractivity contribution in [2.45, 2.75) is 97.4 Å². The zero-order valence-electron chi connectivity index (χ0n) is 28.6. The Morgan fingerprint density at radius 1 is 1.00 bits per heavy atom. The Balaban J connectivity index is 1.49. The van der Waals surface area contributed by atoms with Crippen LogP contribution in [0.5, 0.6) is 0 Å². The lowest BCUT2D eigenvalue weighted by atomic mass is 9.89. The highest BCUT2D eigenvalue weighted by Gasteiger charge is 2.38. The Kier molecular flexibility index (Phi) is 10.8. The van der Waals surface area contributed by atoms with Crippen molar-refractivity contribution in [1.82, 2.24) is 31.0 Å². The molecule has 2 saturated heterocycles. The van der Waals surface area contributed by atoms with Crippen LogP contribution in [0, 0.1) is 11.3 Å². The zero-order chi connectivity index (χ0) is 34.6. The number of pyridine rings is 1. The SMILES string of the molecule is CC(C)[C@@H]1NC(=O)C(C)(C)/C=C/c2ccc3ccc(nc3c2)[C@@H](C)OC(=O)C2CCCN(N2)C(=O)[C@H](CC(=O)N2CCCCC2)NC1=O. The predicted octanol–water partition coefficient (Wildman–Crippen LogP) is 3.42. The zero-order valence-corrected chi connectivity index (χ0v) is 28.6. The van der Waals surface area contributed by atoms with Crippen molar-refractivity contribution in [3.8, 4) is 0 Å². The van der Waals surface area contributed by atoms with Crippen molar-refractivity contribution < 1.29 is 28.7 Å². The molecular weight excluding hydrogens is 612 g/mol. The van der Waals surface area contributed by atoms with Crippen LogP contribution in [0.15, 0.2) is 36.4 Å². The van der Waals surface area contributed by atoms with Gasteiger partial charge >= 0.3 is 5.97 Å². The Labute approximate surface area is 282 Å². The van der Waals surface area contributed by atoms with Gasteiger partial charge in [0.25, 0.3) is 5.91 Å². The molecule has 1 aromatic heterocycles. The average molecular weight is 661 g/mol. The van der Waals surface area contributed by atoms with E-state index in [1.165, 1.54) is 5.01 Å². The minimum atomic E-state index is -1.21. The van der Waals surface area contributed by atoms with Gasteiger partial charge in [0.1, 0.15) is 24.2 Å². The maximum Gasteiger partial charge on any atom is 0.325 e. The van der Waals surface area contributed by atoms with Crippen molar-refractivity contribution in [1.29, 1.82) is 0 Å². The van der Waals surface area contributed by atoms with Gasteiger partial charge in [0.2, 0.25) is 17.7 Å². The molecule has 2 fully saturated rings. The predicted molar refractivity (Wildman–Crippen MR) is 181 cm³/mol. The first-order valence-corrected chi connectivity index (χ1v) is 17.1. The van der Waals surface area contributed by atoms with Crippen molar-refractivity contribution in [3.63, 3.8) is 0 Å². The number of esters is 1. The van der Waals surface area contributed by atoms with E-state index in [4.69, 9.17) is 9.72 Å². The Bertz CT molecular complexity index is 1580. The van der Waals surface area contributed by atoms with E-state index in [9.17, 15) is 24.0 Å². The molecule has 0 aliphatic carbocycles. The first-order valence-electron chi connectivity index (χ1n) is 17.1. The third kappa shape index (κ3) is 8.21. The standard InChI is InChI=1S/C36H48N6O6/c1-22(2)31-32(44)38-29(21-30(43)41-17-7-6-8-18-41)33(45)42-19-9-10-27(40-42)34(46)48-23(3)26-14-13-25-12-11-24(20-28(25)37-26)15-16-36(4,5)35(47)39-31/h11-16,20,22-23,27,29,31,40H,6-10,17-19,21H2,1-5H3,(H,38,44)(H,39,47)/b16-15+/t23-,27?,29+,31+/m1/s1. The summed E-state index contributed by atoms with van der Waals surface area (Å²) in [6.07, 6.45) is 6.47. The van der Waals surface area contributed by atoms with E-state index < -0.39 is 47.4 Å². The number of nitrogens with zero attached hydrogens (tertiary/aromatic N) is 3. The molecule has 0 saturated carbocycles. The summed E-state index contributed by atoms with van der Waals surface area (Å²) in [6.45, 7) is 10.4. The van der Waals surface area contributed by atoms with Gasteiger partial charge in [-0.05, 0) is 76.5 Å². The van der Waals surface area contributed by atoms with Crippen molar-refractivity contribution in [3.05, 3.63) is 47.7 Å². The second kappa shape index (κ2) is 14.8. The van der Waals surface area contributed by atoms with Gasteiger partial charge in [-0.25, -0.2) is 10.4 Å². The van der Waals surface area contributed by atoms with Crippen LogP contribution in [0.25, 0.3) is 17.0 Å². The smallest absolute Gasteiger partial charge is 0.325 e. The van der Waals surface area contributed by atoms with Gasteiger partial charge < -0.3 is 20.3 Å². The van der Waals surface area contributed by atoms with E-state index >= 15 is 0 Å². The molecular formula is C36H48N6O6. The van der Waals surface area contributed by atoms with Gasteiger partial charge in [0.15, 0.2) is 0 Å². The van der Waals surface area contributed by atoms with Crippen LogP contribution in [0.2, 0.25) is 0 Å². The van der Waals surface area contributed by atoms with Gasteiger partial charge in [-0.3, -0.25) is 29.0 Å². The van der Waals surface area contributed by atoms with Crippen LogP contribution >= 0.6 is 0 Å². The fourth-order valence-corrected chi connectivity index (χ4v) is 6.25. The van der Waals surface area contributed by atoms with Crippen LogP contribution in [0.4, 0.5) is 0 Å². The molecule has 4 atom stereocenters. The van der Waals surface area contributed by atoms with Crippen molar-refractivity contribution in [2.24, 2.45) is 11.3 Å². The molecule has 12 nitrogen and oxygen atoms in total. The van der Waals surface area contributed by atoms with Crippen LogP contribution in [0.1, 0.15) is 90.5 Å². The highest BCUT2D eigenvalue weighted by Crippen LogP contribution is 2.25. The molecule has 0 spiro atoms. The normalized spacial score (nSPS) is 26.5. The second-order valence-corrected chi connectivity index (χ2v) is 14.0. The van der Waals surface area contributed by atoms with Crippen LogP contribution in [-0.4, -0.2) is 82.3 Å². The number of nitrogens with one attached hydrogen (secondary N) is 3. The summed E-state index contributed by atoms with van der Waals surface area (Å²) in [6, 6.07) is 6.52. The number of hydrogen-bond acceptors (Lipinski definition) is 8. The molecule has 0 radical (unpaired) electrons. The summed E-state index contributed by atoms with van der Waals surface area (Å²) in [5.74, 6) is -2.54. The molecule has 1 aromatic carbocycles. The topological polar surface area (TPSA) is 150 Å². The Hall–Kier alpha value is -4.32. The first kappa shape index (κ1) is 35.0. The number of carbonyl (C=O) groups excluding carboxylic acids is 5. The van der Waals surface area contributed by atoms with E-state index in [1.54, 1.807) is 31.7 Å². The molecule has 1 unspecified atom stereocenters. The fraction of sp³-hybridized carbons (Fsp3) is 0.556. The molecule has 5 bridgehead atoms. The largest absolute Gasteiger partial charge is 0.455 e. The number of hydrazine groups is 1. The van der Waals surface area contributed by atoms with Crippen LogP contribution in [-0.2, 0) is 28.7 Å². The van der Waals surface area contributed by atoms with Gasteiger partial charge in [0, 0.05) is 25.0 Å². The lowest BCUT2D eigenvalue weighted by Crippen LogP contribution is -2.62. The maximum absolute atomic E-state index is 14.0. The summed E-state index contributed by atoms with van der Waals surface area (Å²) in [5.41, 5.74) is 4.11. The fourth-order valence-electron chi connectivity index (χ4n) is 6.25. The third-order valence-corrected chi connectivity index (χ3v) is 9.40. The molecule has 2 aromatic rings. The highest BCUT2D eigenvalue weighted by atomic mass is 16.5. The number of likely N-dealkylation sites (tertiary alicyclic amines) is 1. The molecule has 48 heavy (non-hydrogen) atoms. The minimum absolute atomic E-state index is 0.231. The van der Waals surface area contributed by atoms with Crippen molar-refractivity contribution in [2.75, 3.05) is 19.6 Å².